The summed E-state index contributed by atoms with van der Waals surface area (Å²) in [5.74, 6) is -0.347. The number of thioether (sulfide) groups is 1. The standard InChI is InChI=1S/C15H13ClO2S/c1-19-11-8-6-10(7-9-11)14(17)15(18)12-4-2-3-5-13(12)16/h2-9,15,18H,1H3. The zero-order valence-electron chi connectivity index (χ0n) is 10.3. The maximum Gasteiger partial charge on any atom is 0.195 e. The van der Waals surface area contributed by atoms with Crippen molar-refractivity contribution in [3.05, 3.63) is 64.7 Å². The summed E-state index contributed by atoms with van der Waals surface area (Å²) in [4.78, 5) is 13.3. The molecule has 0 bridgehead atoms. The van der Waals surface area contributed by atoms with Crippen molar-refractivity contribution < 1.29 is 9.90 Å². The number of ketones is 1. The fourth-order valence-corrected chi connectivity index (χ4v) is 2.40. The Morgan fingerprint density at radius 3 is 2.37 bits per heavy atom. The summed E-state index contributed by atoms with van der Waals surface area (Å²) in [7, 11) is 0. The van der Waals surface area contributed by atoms with Gasteiger partial charge in [0.2, 0.25) is 0 Å². The molecule has 0 aliphatic carbocycles. The van der Waals surface area contributed by atoms with E-state index in [-0.39, 0.29) is 5.78 Å². The number of halogens is 1. The highest BCUT2D eigenvalue weighted by atomic mass is 35.5. The summed E-state index contributed by atoms with van der Waals surface area (Å²) < 4.78 is 0. The van der Waals surface area contributed by atoms with Crippen LogP contribution in [0.2, 0.25) is 5.02 Å². The van der Waals surface area contributed by atoms with Crippen LogP contribution in [-0.2, 0) is 0 Å². The first-order chi connectivity index (χ1) is 9.13. The van der Waals surface area contributed by atoms with Gasteiger partial charge in [0, 0.05) is 21.0 Å². The molecule has 1 atom stereocenters. The van der Waals surface area contributed by atoms with E-state index in [9.17, 15) is 9.90 Å². The number of hydrogen-bond acceptors (Lipinski definition) is 3. The van der Waals surface area contributed by atoms with Gasteiger partial charge in [-0.25, -0.2) is 0 Å². The second-order valence-electron chi connectivity index (χ2n) is 4.02. The summed E-state index contributed by atoms with van der Waals surface area (Å²) in [5.41, 5.74) is 0.910. The molecule has 0 amide bonds. The first-order valence-corrected chi connectivity index (χ1v) is 7.34. The van der Waals surface area contributed by atoms with Gasteiger partial charge < -0.3 is 5.11 Å². The first kappa shape index (κ1) is 14.1. The molecule has 1 N–H and O–H groups in total. The van der Waals surface area contributed by atoms with Gasteiger partial charge in [-0.2, -0.15) is 0 Å². The molecule has 2 aromatic rings. The van der Waals surface area contributed by atoms with Crippen LogP contribution >= 0.6 is 23.4 Å². The molecule has 0 spiro atoms. The lowest BCUT2D eigenvalue weighted by Crippen LogP contribution is -2.12. The average Bonchev–Trinajstić information content (AvgIpc) is 2.46. The normalized spacial score (nSPS) is 12.2. The summed E-state index contributed by atoms with van der Waals surface area (Å²) >= 11 is 7.58. The molecule has 1 unspecified atom stereocenters. The quantitative estimate of drug-likeness (QED) is 0.684. The van der Waals surface area contributed by atoms with Crippen LogP contribution in [0.5, 0.6) is 0 Å². The van der Waals surface area contributed by atoms with Gasteiger partial charge in [-0.3, -0.25) is 4.79 Å². The molecular formula is C15H13ClO2S. The maximum atomic E-state index is 12.2. The van der Waals surface area contributed by atoms with Crippen LogP contribution in [-0.4, -0.2) is 17.1 Å². The molecule has 2 aromatic carbocycles. The van der Waals surface area contributed by atoms with Gasteiger partial charge in [-0.1, -0.05) is 41.9 Å². The van der Waals surface area contributed by atoms with E-state index >= 15 is 0 Å². The highest BCUT2D eigenvalue weighted by Crippen LogP contribution is 2.26. The van der Waals surface area contributed by atoms with Crippen molar-refractivity contribution in [1.82, 2.24) is 0 Å². The lowest BCUT2D eigenvalue weighted by Gasteiger charge is -2.11. The Balaban J connectivity index is 2.26. The number of aliphatic hydroxyl groups is 1. The molecule has 4 heteroatoms. The number of benzene rings is 2. The van der Waals surface area contributed by atoms with Gasteiger partial charge in [0.25, 0.3) is 0 Å². The molecule has 2 nitrogen and oxygen atoms in total. The minimum Gasteiger partial charge on any atom is -0.380 e. The molecule has 98 valence electrons. The smallest absolute Gasteiger partial charge is 0.195 e. The summed E-state index contributed by atoms with van der Waals surface area (Å²) in [6, 6.07) is 14.0. The predicted molar refractivity (Wildman–Crippen MR) is 79.0 cm³/mol. The molecule has 0 aliphatic heterocycles. The second-order valence-corrected chi connectivity index (χ2v) is 5.30. The Kier molecular flexibility index (Phi) is 4.64. The number of Topliss-reactive ketones (excluding diaryl/α,β-unsaturated/α-hetero) is 1. The van der Waals surface area contributed by atoms with Crippen molar-refractivity contribution >= 4 is 29.1 Å². The summed E-state index contributed by atoms with van der Waals surface area (Å²) in [6.45, 7) is 0. The molecule has 0 saturated carbocycles. The Morgan fingerprint density at radius 1 is 1.16 bits per heavy atom. The van der Waals surface area contributed by atoms with Gasteiger partial charge in [-0.15, -0.1) is 11.8 Å². The maximum absolute atomic E-state index is 12.2. The fraction of sp³-hybridized carbons (Fsp3) is 0.133. The monoisotopic (exact) mass is 292 g/mol. The Labute approximate surface area is 121 Å². The lowest BCUT2D eigenvalue weighted by molar-refractivity contribution is 0.0747. The van der Waals surface area contributed by atoms with Crippen molar-refractivity contribution in [1.29, 1.82) is 0 Å². The highest BCUT2D eigenvalue weighted by Gasteiger charge is 2.21. The summed E-state index contributed by atoms with van der Waals surface area (Å²) in [6.07, 6.45) is 0.740. The van der Waals surface area contributed by atoms with Crippen molar-refractivity contribution in [2.24, 2.45) is 0 Å². The molecule has 0 aliphatic rings. The second kappa shape index (κ2) is 6.24. The zero-order valence-corrected chi connectivity index (χ0v) is 11.9. The number of aliphatic hydroxyl groups excluding tert-OH is 1. The highest BCUT2D eigenvalue weighted by molar-refractivity contribution is 7.98. The third kappa shape index (κ3) is 3.18. The molecule has 0 fully saturated rings. The van der Waals surface area contributed by atoms with E-state index in [1.54, 1.807) is 48.2 Å². The van der Waals surface area contributed by atoms with E-state index in [1.807, 2.05) is 18.4 Å². The molecule has 0 radical (unpaired) electrons. The number of rotatable bonds is 4. The molecular weight excluding hydrogens is 280 g/mol. The van der Waals surface area contributed by atoms with Gasteiger partial charge in [0.05, 0.1) is 0 Å². The van der Waals surface area contributed by atoms with Crippen LogP contribution in [0, 0.1) is 0 Å². The lowest BCUT2D eigenvalue weighted by atomic mass is 10.00. The third-order valence-electron chi connectivity index (χ3n) is 2.82. The zero-order chi connectivity index (χ0) is 13.8. The van der Waals surface area contributed by atoms with Crippen LogP contribution in [0.3, 0.4) is 0 Å². The van der Waals surface area contributed by atoms with E-state index in [2.05, 4.69) is 0 Å². The number of carbonyl (C=O) groups excluding carboxylic acids is 1. The first-order valence-electron chi connectivity index (χ1n) is 5.74. The Bertz CT molecular complexity index is 581. The molecule has 0 aromatic heterocycles. The van der Waals surface area contributed by atoms with Gasteiger partial charge in [0.1, 0.15) is 6.10 Å². The van der Waals surface area contributed by atoms with Gasteiger partial charge in [-0.05, 0) is 24.5 Å². The van der Waals surface area contributed by atoms with Gasteiger partial charge in [0.15, 0.2) is 5.78 Å². The summed E-state index contributed by atoms with van der Waals surface area (Å²) in [5, 5.41) is 10.5. The predicted octanol–water partition coefficient (Wildman–Crippen LogP) is 3.98. The molecule has 0 heterocycles. The Morgan fingerprint density at radius 2 is 1.79 bits per heavy atom. The van der Waals surface area contributed by atoms with E-state index in [1.165, 1.54) is 0 Å². The van der Waals surface area contributed by atoms with E-state index in [0.29, 0.717) is 16.1 Å². The van der Waals surface area contributed by atoms with Crippen molar-refractivity contribution in [3.63, 3.8) is 0 Å². The van der Waals surface area contributed by atoms with Crippen LogP contribution in [0.4, 0.5) is 0 Å². The molecule has 2 rings (SSSR count). The SMILES string of the molecule is CSc1ccc(C(=O)C(O)c2ccccc2Cl)cc1. The molecule has 0 saturated heterocycles. The average molecular weight is 293 g/mol. The topological polar surface area (TPSA) is 37.3 Å². The van der Waals surface area contributed by atoms with E-state index in [4.69, 9.17) is 11.6 Å². The fourth-order valence-electron chi connectivity index (χ4n) is 1.75. The van der Waals surface area contributed by atoms with Crippen molar-refractivity contribution in [2.45, 2.75) is 11.0 Å². The Hall–Kier alpha value is -1.29. The molecule has 19 heavy (non-hydrogen) atoms. The van der Waals surface area contributed by atoms with Crippen LogP contribution < -0.4 is 0 Å². The minimum absolute atomic E-state index is 0.347. The largest absolute Gasteiger partial charge is 0.380 e. The van der Waals surface area contributed by atoms with Crippen molar-refractivity contribution in [2.75, 3.05) is 6.26 Å². The van der Waals surface area contributed by atoms with Gasteiger partial charge >= 0.3 is 0 Å². The number of carbonyl (C=O) groups is 1. The van der Waals surface area contributed by atoms with Crippen molar-refractivity contribution in [3.8, 4) is 0 Å². The van der Waals surface area contributed by atoms with E-state index < -0.39 is 6.10 Å². The van der Waals surface area contributed by atoms with Crippen LogP contribution in [0.15, 0.2) is 53.4 Å². The van der Waals surface area contributed by atoms with Crippen LogP contribution in [0.25, 0.3) is 0 Å². The minimum atomic E-state index is -1.23. The number of hydrogen-bond donors (Lipinski definition) is 1. The van der Waals surface area contributed by atoms with Crippen LogP contribution in [0.1, 0.15) is 22.0 Å². The van der Waals surface area contributed by atoms with E-state index in [0.717, 1.165) is 4.90 Å². The third-order valence-corrected chi connectivity index (χ3v) is 3.91.